The van der Waals surface area contributed by atoms with Crippen molar-refractivity contribution in [3.8, 4) is 0 Å². The normalized spacial score (nSPS) is 19.9. The van der Waals surface area contributed by atoms with Gasteiger partial charge < -0.3 is 16.0 Å². The maximum absolute atomic E-state index is 11.8. The molecule has 0 bridgehead atoms. The Balaban J connectivity index is 0.00000180. The first-order valence-corrected chi connectivity index (χ1v) is 6.58. The molecule has 1 saturated heterocycles. The molecule has 0 spiro atoms. The van der Waals surface area contributed by atoms with E-state index >= 15 is 0 Å². The number of amides is 2. The maximum atomic E-state index is 11.8. The minimum Gasteiger partial charge on any atom is -0.334 e. The zero-order valence-electron chi connectivity index (χ0n) is 11.2. The quantitative estimate of drug-likeness (QED) is 0.797. The van der Waals surface area contributed by atoms with Crippen molar-refractivity contribution in [3.63, 3.8) is 0 Å². The van der Waals surface area contributed by atoms with E-state index in [9.17, 15) is 4.79 Å². The number of carbonyl (C=O) groups is 1. The fourth-order valence-corrected chi connectivity index (χ4v) is 2.22. The van der Waals surface area contributed by atoms with Gasteiger partial charge in [0.1, 0.15) is 0 Å². The lowest BCUT2D eigenvalue weighted by molar-refractivity contribution is 0.231. The number of carbonyl (C=O) groups excluding carboxylic acids is 1. The molecule has 106 valence electrons. The monoisotopic (exact) mass is 283 g/mol. The Morgan fingerprint density at radius 1 is 1.37 bits per heavy atom. The van der Waals surface area contributed by atoms with Crippen LogP contribution in [0.1, 0.15) is 31.4 Å². The van der Waals surface area contributed by atoms with Crippen LogP contribution in [0.3, 0.4) is 0 Å². The SMILES string of the molecule is CC(NC(=O)NC1CCCNC1)c1ccccc1.Cl. The number of halogens is 1. The van der Waals surface area contributed by atoms with E-state index in [1.165, 1.54) is 0 Å². The van der Waals surface area contributed by atoms with Crippen LogP contribution >= 0.6 is 12.4 Å². The van der Waals surface area contributed by atoms with Crippen LogP contribution in [0, 0.1) is 0 Å². The summed E-state index contributed by atoms with van der Waals surface area (Å²) in [5.74, 6) is 0. The van der Waals surface area contributed by atoms with Crippen LogP contribution in [0.5, 0.6) is 0 Å². The second-order valence-electron chi connectivity index (χ2n) is 4.79. The summed E-state index contributed by atoms with van der Waals surface area (Å²) in [6.07, 6.45) is 2.18. The van der Waals surface area contributed by atoms with Crippen molar-refractivity contribution < 1.29 is 4.79 Å². The highest BCUT2D eigenvalue weighted by atomic mass is 35.5. The summed E-state index contributed by atoms with van der Waals surface area (Å²) in [6, 6.07) is 10.2. The van der Waals surface area contributed by atoms with Crippen molar-refractivity contribution in [2.45, 2.75) is 31.8 Å². The van der Waals surface area contributed by atoms with Gasteiger partial charge in [-0.25, -0.2) is 4.79 Å². The molecular weight excluding hydrogens is 262 g/mol. The summed E-state index contributed by atoms with van der Waals surface area (Å²) in [5, 5.41) is 9.26. The maximum Gasteiger partial charge on any atom is 0.315 e. The smallest absolute Gasteiger partial charge is 0.315 e. The highest BCUT2D eigenvalue weighted by Gasteiger charge is 2.16. The van der Waals surface area contributed by atoms with Crippen LogP contribution in [0.15, 0.2) is 30.3 Å². The second-order valence-corrected chi connectivity index (χ2v) is 4.79. The third-order valence-corrected chi connectivity index (χ3v) is 3.28. The van der Waals surface area contributed by atoms with Crippen molar-refractivity contribution in [2.24, 2.45) is 0 Å². The van der Waals surface area contributed by atoms with E-state index in [0.717, 1.165) is 31.5 Å². The Morgan fingerprint density at radius 3 is 2.74 bits per heavy atom. The van der Waals surface area contributed by atoms with E-state index < -0.39 is 0 Å². The first kappa shape index (κ1) is 15.8. The van der Waals surface area contributed by atoms with Gasteiger partial charge in [0, 0.05) is 12.6 Å². The molecule has 1 aromatic rings. The lowest BCUT2D eigenvalue weighted by Gasteiger charge is -2.25. The van der Waals surface area contributed by atoms with E-state index in [1.54, 1.807) is 0 Å². The summed E-state index contributed by atoms with van der Waals surface area (Å²) in [7, 11) is 0. The summed E-state index contributed by atoms with van der Waals surface area (Å²) in [6.45, 7) is 3.92. The molecule has 1 heterocycles. The number of urea groups is 1. The van der Waals surface area contributed by atoms with Gasteiger partial charge in [-0.3, -0.25) is 0 Å². The van der Waals surface area contributed by atoms with Gasteiger partial charge in [0.25, 0.3) is 0 Å². The largest absolute Gasteiger partial charge is 0.334 e. The molecule has 2 atom stereocenters. The molecule has 0 aliphatic carbocycles. The topological polar surface area (TPSA) is 53.2 Å². The highest BCUT2D eigenvalue weighted by molar-refractivity contribution is 5.85. The molecule has 0 saturated carbocycles. The Kier molecular flexibility index (Phi) is 6.67. The average Bonchev–Trinajstić information content (AvgIpc) is 2.40. The van der Waals surface area contributed by atoms with Gasteiger partial charge >= 0.3 is 6.03 Å². The van der Waals surface area contributed by atoms with Gasteiger partial charge in [-0.2, -0.15) is 0 Å². The van der Waals surface area contributed by atoms with E-state index in [1.807, 2.05) is 37.3 Å². The zero-order chi connectivity index (χ0) is 12.8. The molecule has 1 aromatic carbocycles. The highest BCUT2D eigenvalue weighted by Crippen LogP contribution is 2.10. The van der Waals surface area contributed by atoms with Crippen molar-refractivity contribution in [1.29, 1.82) is 0 Å². The molecule has 3 N–H and O–H groups in total. The summed E-state index contributed by atoms with van der Waals surface area (Å²) in [5.41, 5.74) is 1.12. The lowest BCUT2D eigenvalue weighted by atomic mass is 10.1. The van der Waals surface area contributed by atoms with Gasteiger partial charge in [0.05, 0.1) is 6.04 Å². The predicted molar refractivity (Wildman–Crippen MR) is 79.7 cm³/mol. The molecule has 0 aromatic heterocycles. The van der Waals surface area contributed by atoms with Crippen molar-refractivity contribution in [3.05, 3.63) is 35.9 Å². The third-order valence-electron chi connectivity index (χ3n) is 3.28. The van der Waals surface area contributed by atoms with Gasteiger partial charge in [0.15, 0.2) is 0 Å². The van der Waals surface area contributed by atoms with Crippen molar-refractivity contribution in [2.75, 3.05) is 13.1 Å². The predicted octanol–water partition coefficient (Wildman–Crippen LogP) is 2.22. The van der Waals surface area contributed by atoms with E-state index in [2.05, 4.69) is 16.0 Å². The molecule has 2 amide bonds. The van der Waals surface area contributed by atoms with Gasteiger partial charge in [0.2, 0.25) is 0 Å². The van der Waals surface area contributed by atoms with E-state index in [-0.39, 0.29) is 30.5 Å². The van der Waals surface area contributed by atoms with Crippen molar-refractivity contribution in [1.82, 2.24) is 16.0 Å². The Hall–Kier alpha value is -1.26. The fourth-order valence-electron chi connectivity index (χ4n) is 2.22. The molecule has 4 nitrogen and oxygen atoms in total. The van der Waals surface area contributed by atoms with Crippen LogP contribution < -0.4 is 16.0 Å². The minimum absolute atomic E-state index is 0. The molecule has 1 fully saturated rings. The van der Waals surface area contributed by atoms with Crippen LogP contribution in [-0.4, -0.2) is 25.2 Å². The van der Waals surface area contributed by atoms with Crippen LogP contribution in [0.25, 0.3) is 0 Å². The third kappa shape index (κ3) is 5.09. The molecule has 0 radical (unpaired) electrons. The standard InChI is InChI=1S/C14H21N3O.ClH/c1-11(12-6-3-2-4-7-12)16-14(18)17-13-8-5-9-15-10-13;/h2-4,6-7,11,13,15H,5,8-10H2,1H3,(H2,16,17,18);1H. The summed E-state index contributed by atoms with van der Waals surface area (Å²) >= 11 is 0. The number of benzene rings is 1. The van der Waals surface area contributed by atoms with Crippen LogP contribution in [0.4, 0.5) is 4.79 Å². The molecular formula is C14H22ClN3O. The number of hydrogen-bond acceptors (Lipinski definition) is 2. The fraction of sp³-hybridized carbons (Fsp3) is 0.500. The number of nitrogens with one attached hydrogen (secondary N) is 3. The molecule has 5 heteroatoms. The Bertz CT molecular complexity index is 380. The molecule has 1 aliphatic heterocycles. The van der Waals surface area contributed by atoms with Crippen molar-refractivity contribution >= 4 is 18.4 Å². The summed E-state index contributed by atoms with van der Waals surface area (Å²) in [4.78, 5) is 11.8. The van der Waals surface area contributed by atoms with E-state index in [0.29, 0.717) is 0 Å². The number of piperidine rings is 1. The lowest BCUT2D eigenvalue weighted by Crippen LogP contribution is -2.49. The average molecular weight is 284 g/mol. The minimum atomic E-state index is -0.0833. The number of hydrogen-bond donors (Lipinski definition) is 3. The molecule has 1 aliphatic rings. The first-order valence-electron chi connectivity index (χ1n) is 6.58. The first-order chi connectivity index (χ1) is 8.75. The zero-order valence-corrected chi connectivity index (χ0v) is 12.0. The van der Waals surface area contributed by atoms with Crippen LogP contribution in [0.2, 0.25) is 0 Å². The molecule has 19 heavy (non-hydrogen) atoms. The Labute approximate surface area is 120 Å². The second kappa shape index (κ2) is 8.02. The van der Waals surface area contributed by atoms with Gasteiger partial charge in [-0.15, -0.1) is 12.4 Å². The molecule has 2 rings (SSSR count). The molecule has 2 unspecified atom stereocenters. The van der Waals surface area contributed by atoms with Gasteiger partial charge in [-0.05, 0) is 31.9 Å². The summed E-state index contributed by atoms with van der Waals surface area (Å²) < 4.78 is 0. The van der Waals surface area contributed by atoms with Crippen LogP contribution in [-0.2, 0) is 0 Å². The number of rotatable bonds is 3. The van der Waals surface area contributed by atoms with E-state index in [4.69, 9.17) is 0 Å². The Morgan fingerprint density at radius 2 is 2.11 bits per heavy atom. The van der Waals surface area contributed by atoms with Gasteiger partial charge in [-0.1, -0.05) is 30.3 Å².